The molecule has 4 N–H and O–H groups in total. The number of anilines is 1. The minimum absolute atomic E-state index is 0.194. The Bertz CT molecular complexity index is 416. The van der Waals surface area contributed by atoms with Crippen molar-refractivity contribution in [3.8, 4) is 5.75 Å². The SMILES string of the molecule is COc1cc(C=CC(N)=O)c(F)cc1N. The Balaban J connectivity index is 3.13. The lowest BCUT2D eigenvalue weighted by Crippen LogP contribution is -2.05. The lowest BCUT2D eigenvalue weighted by atomic mass is 10.1. The summed E-state index contributed by atoms with van der Waals surface area (Å²) in [4.78, 5) is 10.5. The van der Waals surface area contributed by atoms with E-state index >= 15 is 0 Å². The fraction of sp³-hybridized carbons (Fsp3) is 0.100. The summed E-state index contributed by atoms with van der Waals surface area (Å²) in [6, 6.07) is 2.52. The van der Waals surface area contributed by atoms with Crippen LogP contribution in [0.15, 0.2) is 18.2 Å². The number of hydrogen-bond donors (Lipinski definition) is 2. The summed E-state index contributed by atoms with van der Waals surface area (Å²) in [5.41, 5.74) is 10.8. The average molecular weight is 210 g/mol. The topological polar surface area (TPSA) is 78.3 Å². The van der Waals surface area contributed by atoms with E-state index in [1.165, 1.54) is 19.3 Å². The van der Waals surface area contributed by atoms with Gasteiger partial charge in [-0.2, -0.15) is 0 Å². The summed E-state index contributed by atoms with van der Waals surface area (Å²) >= 11 is 0. The predicted molar refractivity (Wildman–Crippen MR) is 55.6 cm³/mol. The molecule has 0 radical (unpaired) electrons. The van der Waals surface area contributed by atoms with E-state index in [-0.39, 0.29) is 11.3 Å². The molecule has 0 aliphatic carbocycles. The van der Waals surface area contributed by atoms with Crippen LogP contribution in [0.1, 0.15) is 5.56 Å². The van der Waals surface area contributed by atoms with Crippen molar-refractivity contribution in [2.75, 3.05) is 12.8 Å². The molecular weight excluding hydrogens is 199 g/mol. The van der Waals surface area contributed by atoms with E-state index in [4.69, 9.17) is 16.2 Å². The van der Waals surface area contributed by atoms with Gasteiger partial charge in [0.2, 0.25) is 5.91 Å². The smallest absolute Gasteiger partial charge is 0.241 e. The highest BCUT2D eigenvalue weighted by atomic mass is 19.1. The molecule has 1 amide bonds. The van der Waals surface area contributed by atoms with Gasteiger partial charge in [0.1, 0.15) is 11.6 Å². The molecule has 0 heterocycles. The highest BCUT2D eigenvalue weighted by Crippen LogP contribution is 2.25. The van der Waals surface area contributed by atoms with E-state index in [1.807, 2.05) is 0 Å². The highest BCUT2D eigenvalue weighted by Gasteiger charge is 2.05. The number of rotatable bonds is 3. The number of primary amides is 1. The second-order valence-corrected chi connectivity index (χ2v) is 2.85. The third-order valence-corrected chi connectivity index (χ3v) is 1.78. The lowest BCUT2D eigenvalue weighted by molar-refractivity contribution is -0.113. The number of benzene rings is 1. The van der Waals surface area contributed by atoms with Crippen LogP contribution in [-0.4, -0.2) is 13.0 Å². The van der Waals surface area contributed by atoms with Gasteiger partial charge in [0.05, 0.1) is 12.8 Å². The van der Waals surface area contributed by atoms with Crippen molar-refractivity contribution in [2.24, 2.45) is 5.73 Å². The molecule has 0 bridgehead atoms. The Morgan fingerprint density at radius 3 is 2.73 bits per heavy atom. The Hall–Kier alpha value is -2.04. The van der Waals surface area contributed by atoms with E-state index in [0.717, 1.165) is 12.1 Å². The first-order valence-electron chi connectivity index (χ1n) is 4.15. The molecule has 1 rings (SSSR count). The van der Waals surface area contributed by atoms with Gasteiger partial charge in [0.15, 0.2) is 0 Å². The molecule has 5 heteroatoms. The van der Waals surface area contributed by atoms with Gasteiger partial charge in [-0.3, -0.25) is 4.79 Å². The Morgan fingerprint density at radius 2 is 2.20 bits per heavy atom. The maximum atomic E-state index is 13.3. The summed E-state index contributed by atoms with van der Waals surface area (Å²) in [5.74, 6) is -0.837. The van der Waals surface area contributed by atoms with Crippen molar-refractivity contribution in [2.45, 2.75) is 0 Å². The molecule has 0 saturated carbocycles. The molecule has 0 spiro atoms. The Kier molecular flexibility index (Phi) is 3.28. The third kappa shape index (κ3) is 2.70. The van der Waals surface area contributed by atoms with Gasteiger partial charge in [-0.25, -0.2) is 4.39 Å². The molecule has 15 heavy (non-hydrogen) atoms. The number of ether oxygens (including phenoxy) is 1. The second kappa shape index (κ2) is 4.45. The predicted octanol–water partition coefficient (Wildman–Crippen LogP) is 0.915. The quantitative estimate of drug-likeness (QED) is 0.575. The molecule has 0 fully saturated rings. The van der Waals surface area contributed by atoms with E-state index in [0.29, 0.717) is 5.75 Å². The minimum Gasteiger partial charge on any atom is -0.495 e. The number of nitrogen functional groups attached to an aromatic ring is 1. The minimum atomic E-state index is -0.648. The van der Waals surface area contributed by atoms with E-state index in [2.05, 4.69) is 0 Å². The van der Waals surface area contributed by atoms with Gasteiger partial charge in [-0.1, -0.05) is 0 Å². The highest BCUT2D eigenvalue weighted by molar-refractivity contribution is 5.90. The zero-order valence-electron chi connectivity index (χ0n) is 8.16. The fourth-order valence-corrected chi connectivity index (χ4v) is 1.06. The third-order valence-electron chi connectivity index (χ3n) is 1.78. The van der Waals surface area contributed by atoms with Crippen LogP contribution in [0.25, 0.3) is 6.08 Å². The van der Waals surface area contributed by atoms with Crippen LogP contribution >= 0.6 is 0 Å². The zero-order valence-corrected chi connectivity index (χ0v) is 8.16. The van der Waals surface area contributed by atoms with Crippen LogP contribution in [0, 0.1) is 5.82 Å². The average Bonchev–Trinajstić information content (AvgIpc) is 2.16. The Morgan fingerprint density at radius 1 is 1.53 bits per heavy atom. The number of nitrogens with two attached hydrogens (primary N) is 2. The summed E-state index contributed by atoms with van der Waals surface area (Å²) in [7, 11) is 1.42. The molecule has 0 atom stereocenters. The van der Waals surface area contributed by atoms with Crippen molar-refractivity contribution in [3.05, 3.63) is 29.6 Å². The van der Waals surface area contributed by atoms with Crippen molar-refractivity contribution < 1.29 is 13.9 Å². The van der Waals surface area contributed by atoms with Gasteiger partial charge < -0.3 is 16.2 Å². The number of carbonyl (C=O) groups is 1. The van der Waals surface area contributed by atoms with E-state index in [1.54, 1.807) is 0 Å². The van der Waals surface area contributed by atoms with Crippen LogP contribution in [0.2, 0.25) is 0 Å². The molecule has 80 valence electrons. The van der Waals surface area contributed by atoms with Gasteiger partial charge >= 0.3 is 0 Å². The lowest BCUT2D eigenvalue weighted by Gasteiger charge is -2.06. The van der Waals surface area contributed by atoms with Crippen LogP contribution in [0.3, 0.4) is 0 Å². The van der Waals surface area contributed by atoms with Crippen LogP contribution < -0.4 is 16.2 Å². The number of hydrogen-bond acceptors (Lipinski definition) is 3. The largest absolute Gasteiger partial charge is 0.495 e. The summed E-state index contributed by atoms with van der Waals surface area (Å²) < 4.78 is 18.2. The monoisotopic (exact) mass is 210 g/mol. The molecule has 0 saturated heterocycles. The van der Waals surface area contributed by atoms with Gasteiger partial charge in [0, 0.05) is 17.7 Å². The molecule has 0 aliphatic heterocycles. The van der Waals surface area contributed by atoms with E-state index in [9.17, 15) is 9.18 Å². The van der Waals surface area contributed by atoms with Gasteiger partial charge in [0.25, 0.3) is 0 Å². The second-order valence-electron chi connectivity index (χ2n) is 2.85. The zero-order chi connectivity index (χ0) is 11.4. The fourth-order valence-electron chi connectivity index (χ4n) is 1.06. The standard InChI is InChI=1S/C10H11FN2O2/c1-15-9-4-6(2-3-10(13)14)7(11)5-8(9)12/h2-5H,12H2,1H3,(H2,13,14). The summed E-state index contributed by atoms with van der Waals surface area (Å²) in [5, 5.41) is 0. The van der Waals surface area contributed by atoms with Gasteiger partial charge in [-0.15, -0.1) is 0 Å². The van der Waals surface area contributed by atoms with Crippen LogP contribution in [-0.2, 0) is 4.79 Å². The normalized spacial score (nSPS) is 10.5. The van der Waals surface area contributed by atoms with Crippen LogP contribution in [0.4, 0.5) is 10.1 Å². The maximum Gasteiger partial charge on any atom is 0.241 e. The molecule has 1 aromatic rings. The number of methoxy groups -OCH3 is 1. The first-order valence-corrected chi connectivity index (χ1v) is 4.15. The molecule has 0 aromatic heterocycles. The molecular formula is C10H11FN2O2. The Labute approximate surface area is 86.3 Å². The molecule has 1 aromatic carbocycles. The van der Waals surface area contributed by atoms with Crippen molar-refractivity contribution >= 4 is 17.7 Å². The number of carbonyl (C=O) groups excluding carboxylic acids is 1. The summed E-state index contributed by atoms with van der Waals surface area (Å²) in [6.45, 7) is 0. The molecule has 4 nitrogen and oxygen atoms in total. The number of amides is 1. The maximum absolute atomic E-state index is 13.3. The van der Waals surface area contributed by atoms with Crippen LogP contribution in [0.5, 0.6) is 5.75 Å². The molecule has 0 aliphatic rings. The van der Waals surface area contributed by atoms with Crippen molar-refractivity contribution in [1.82, 2.24) is 0 Å². The first kappa shape index (κ1) is 11.0. The first-order chi connectivity index (χ1) is 7.04. The van der Waals surface area contributed by atoms with E-state index < -0.39 is 11.7 Å². The summed E-state index contributed by atoms with van der Waals surface area (Å²) in [6.07, 6.45) is 2.33. The van der Waals surface area contributed by atoms with Gasteiger partial charge in [-0.05, 0) is 12.1 Å². The van der Waals surface area contributed by atoms with Crippen molar-refractivity contribution in [3.63, 3.8) is 0 Å². The molecule has 0 unspecified atom stereocenters. The van der Waals surface area contributed by atoms with Crippen molar-refractivity contribution in [1.29, 1.82) is 0 Å². The number of halogens is 1.